The fourth-order valence-corrected chi connectivity index (χ4v) is 1.36. The van der Waals surface area contributed by atoms with Gasteiger partial charge in [-0.1, -0.05) is 18.2 Å². The van der Waals surface area contributed by atoms with Crippen LogP contribution >= 0.6 is 0 Å². The number of benzene rings is 1. The quantitative estimate of drug-likeness (QED) is 0.360. The van der Waals surface area contributed by atoms with Gasteiger partial charge in [-0.05, 0) is 19.1 Å². The summed E-state index contributed by atoms with van der Waals surface area (Å²) in [5.74, 6) is 0.741. The average molecular weight is 217 g/mol. The minimum atomic E-state index is 0.0514. The Labute approximate surface area is 92.4 Å². The van der Waals surface area contributed by atoms with Crippen molar-refractivity contribution in [1.82, 2.24) is 0 Å². The SMILES string of the molecule is C/C(=N/[NH+]=C(N)N)c1cc2ccccc2o1. The number of rotatable bonds is 2. The number of hydrogen-bond donors (Lipinski definition) is 3. The fraction of sp³-hybridized carbons (Fsp3) is 0.0909. The van der Waals surface area contributed by atoms with Crippen LogP contribution in [0.1, 0.15) is 12.7 Å². The molecule has 5 N–H and O–H groups in total. The van der Waals surface area contributed by atoms with E-state index < -0.39 is 0 Å². The molecule has 0 aliphatic heterocycles. The van der Waals surface area contributed by atoms with Crippen LogP contribution in [0.15, 0.2) is 39.9 Å². The highest BCUT2D eigenvalue weighted by molar-refractivity contribution is 5.99. The van der Waals surface area contributed by atoms with Gasteiger partial charge >= 0.3 is 5.96 Å². The molecule has 0 saturated heterocycles. The van der Waals surface area contributed by atoms with E-state index >= 15 is 0 Å². The first-order valence-electron chi connectivity index (χ1n) is 4.84. The summed E-state index contributed by atoms with van der Waals surface area (Å²) in [6, 6.07) is 9.68. The van der Waals surface area contributed by atoms with E-state index in [9.17, 15) is 0 Å². The number of guanidine groups is 1. The topological polar surface area (TPSA) is 91.5 Å². The van der Waals surface area contributed by atoms with Crippen molar-refractivity contribution in [3.05, 3.63) is 36.1 Å². The third-order valence-corrected chi connectivity index (χ3v) is 2.13. The normalized spacial score (nSPS) is 11.7. The van der Waals surface area contributed by atoms with Crippen molar-refractivity contribution in [1.29, 1.82) is 0 Å². The summed E-state index contributed by atoms with van der Waals surface area (Å²) in [5, 5.41) is 7.50. The summed E-state index contributed by atoms with van der Waals surface area (Å²) < 4.78 is 5.60. The molecular weight excluding hydrogens is 204 g/mol. The average Bonchev–Trinajstić information content (AvgIpc) is 2.69. The lowest BCUT2D eigenvalue weighted by atomic mass is 10.2. The predicted octanol–water partition coefficient (Wildman–Crippen LogP) is -0.489. The van der Waals surface area contributed by atoms with Crippen molar-refractivity contribution in [2.24, 2.45) is 16.6 Å². The predicted molar refractivity (Wildman–Crippen MR) is 62.8 cm³/mol. The van der Waals surface area contributed by atoms with Gasteiger partial charge in [0, 0.05) is 5.39 Å². The van der Waals surface area contributed by atoms with E-state index in [0.29, 0.717) is 11.5 Å². The number of hydrazone groups is 1. The lowest BCUT2D eigenvalue weighted by Gasteiger charge is -1.89. The Hall–Kier alpha value is -2.30. The van der Waals surface area contributed by atoms with Crippen molar-refractivity contribution in [2.45, 2.75) is 6.92 Å². The molecule has 0 fully saturated rings. The van der Waals surface area contributed by atoms with Crippen molar-refractivity contribution < 1.29 is 9.52 Å². The summed E-state index contributed by atoms with van der Waals surface area (Å²) in [4.78, 5) is 0. The number of nitrogens with two attached hydrogens (primary N) is 2. The number of fused-ring (bicyclic) bond motifs is 1. The van der Waals surface area contributed by atoms with Crippen LogP contribution in [0.4, 0.5) is 0 Å². The molecule has 1 aromatic carbocycles. The first-order chi connectivity index (χ1) is 7.66. The van der Waals surface area contributed by atoms with Crippen LogP contribution in [-0.4, -0.2) is 11.7 Å². The molecule has 0 aliphatic rings. The number of furan rings is 1. The molecule has 82 valence electrons. The Morgan fingerprint density at radius 1 is 1.31 bits per heavy atom. The second-order valence-electron chi connectivity index (χ2n) is 3.41. The lowest BCUT2D eigenvalue weighted by molar-refractivity contribution is -0.464. The Kier molecular flexibility index (Phi) is 2.59. The molecule has 2 aromatic rings. The summed E-state index contributed by atoms with van der Waals surface area (Å²) >= 11 is 0. The van der Waals surface area contributed by atoms with Gasteiger partial charge in [0.1, 0.15) is 11.3 Å². The molecule has 0 unspecified atom stereocenters. The van der Waals surface area contributed by atoms with Gasteiger partial charge in [-0.25, -0.2) is 0 Å². The molecule has 5 nitrogen and oxygen atoms in total. The number of nitrogens with one attached hydrogen (secondary N) is 1. The maximum absolute atomic E-state index is 5.60. The molecule has 0 saturated carbocycles. The van der Waals surface area contributed by atoms with Gasteiger partial charge in [0.25, 0.3) is 0 Å². The van der Waals surface area contributed by atoms with Crippen LogP contribution in [0, 0.1) is 0 Å². The molecule has 0 radical (unpaired) electrons. The van der Waals surface area contributed by atoms with E-state index in [4.69, 9.17) is 15.9 Å². The second kappa shape index (κ2) is 4.06. The minimum absolute atomic E-state index is 0.0514. The first kappa shape index (κ1) is 10.2. The van der Waals surface area contributed by atoms with Gasteiger partial charge < -0.3 is 4.42 Å². The van der Waals surface area contributed by atoms with E-state index in [2.05, 4.69) is 10.2 Å². The Morgan fingerprint density at radius 3 is 2.75 bits per heavy atom. The molecule has 16 heavy (non-hydrogen) atoms. The molecule has 1 heterocycles. The lowest BCUT2D eigenvalue weighted by Crippen LogP contribution is -2.72. The van der Waals surface area contributed by atoms with Crippen molar-refractivity contribution in [3.8, 4) is 0 Å². The van der Waals surface area contributed by atoms with Gasteiger partial charge in [-0.2, -0.15) is 5.10 Å². The summed E-state index contributed by atoms with van der Waals surface area (Å²) in [6.45, 7) is 1.81. The third-order valence-electron chi connectivity index (χ3n) is 2.13. The van der Waals surface area contributed by atoms with E-state index in [1.54, 1.807) is 0 Å². The second-order valence-corrected chi connectivity index (χ2v) is 3.41. The number of nitrogens with zero attached hydrogens (tertiary/aromatic N) is 1. The zero-order valence-corrected chi connectivity index (χ0v) is 8.90. The van der Waals surface area contributed by atoms with E-state index in [1.165, 1.54) is 0 Å². The molecule has 0 bridgehead atoms. The maximum Gasteiger partial charge on any atom is 0.362 e. The van der Waals surface area contributed by atoms with Crippen molar-refractivity contribution in [2.75, 3.05) is 0 Å². The Bertz CT molecular complexity index is 531. The van der Waals surface area contributed by atoms with Crippen molar-refractivity contribution >= 4 is 22.6 Å². The molecule has 0 aliphatic carbocycles. The monoisotopic (exact) mass is 217 g/mol. The minimum Gasteiger partial charge on any atom is -0.455 e. The van der Waals surface area contributed by atoms with Gasteiger partial charge in [-0.15, -0.1) is 5.10 Å². The van der Waals surface area contributed by atoms with E-state index in [-0.39, 0.29) is 5.96 Å². The van der Waals surface area contributed by atoms with Gasteiger partial charge in [0.05, 0.1) is 0 Å². The summed E-state index contributed by atoms with van der Waals surface area (Å²) in [5.41, 5.74) is 12.0. The smallest absolute Gasteiger partial charge is 0.362 e. The summed E-state index contributed by atoms with van der Waals surface area (Å²) in [7, 11) is 0. The maximum atomic E-state index is 5.60. The largest absolute Gasteiger partial charge is 0.455 e. The van der Waals surface area contributed by atoms with Crippen molar-refractivity contribution in [3.63, 3.8) is 0 Å². The Balaban J connectivity index is 2.40. The Morgan fingerprint density at radius 2 is 2.06 bits per heavy atom. The van der Waals surface area contributed by atoms with Gasteiger partial charge in [0.2, 0.25) is 0 Å². The van der Waals surface area contributed by atoms with Crippen LogP contribution in [-0.2, 0) is 0 Å². The standard InChI is InChI=1S/C11H12N4O/c1-7(14-15-11(12)13)10-6-8-4-2-3-5-9(8)16-10/h2-6H,1H3,(H4,12,13,15)/p+1/b14-7-. The molecule has 0 amide bonds. The zero-order valence-electron chi connectivity index (χ0n) is 8.90. The summed E-state index contributed by atoms with van der Waals surface area (Å²) in [6.07, 6.45) is 0. The van der Waals surface area contributed by atoms with Crippen LogP contribution in [0.25, 0.3) is 11.0 Å². The highest BCUT2D eigenvalue weighted by atomic mass is 16.3. The van der Waals surface area contributed by atoms with Crippen LogP contribution in [0.2, 0.25) is 0 Å². The number of hydrogen-bond acceptors (Lipinski definition) is 2. The highest BCUT2D eigenvalue weighted by Crippen LogP contribution is 2.18. The highest BCUT2D eigenvalue weighted by Gasteiger charge is 2.05. The van der Waals surface area contributed by atoms with E-state index in [0.717, 1.165) is 11.0 Å². The molecule has 0 atom stereocenters. The van der Waals surface area contributed by atoms with E-state index in [1.807, 2.05) is 37.3 Å². The molecule has 2 rings (SSSR count). The fourth-order valence-electron chi connectivity index (χ4n) is 1.36. The molecule has 5 heteroatoms. The zero-order chi connectivity index (χ0) is 11.5. The molecule has 0 spiro atoms. The van der Waals surface area contributed by atoms with Crippen LogP contribution in [0.3, 0.4) is 0 Å². The van der Waals surface area contributed by atoms with Crippen LogP contribution in [0.5, 0.6) is 0 Å². The molecular formula is C11H13N4O+. The van der Waals surface area contributed by atoms with Gasteiger partial charge in [0.15, 0.2) is 5.76 Å². The first-order valence-corrected chi connectivity index (χ1v) is 4.84. The molecule has 1 aromatic heterocycles. The number of para-hydroxylation sites is 1. The van der Waals surface area contributed by atoms with Crippen LogP contribution < -0.4 is 16.6 Å². The van der Waals surface area contributed by atoms with Gasteiger partial charge in [-0.3, -0.25) is 11.5 Å². The third kappa shape index (κ3) is 2.03.